The zero-order valence-corrected chi connectivity index (χ0v) is 19.4. The Kier molecular flexibility index (Phi) is 6.62. The van der Waals surface area contributed by atoms with Gasteiger partial charge in [-0.2, -0.15) is 15.3 Å². The third kappa shape index (κ3) is 5.53. The van der Waals surface area contributed by atoms with E-state index in [1.165, 1.54) is 0 Å². The third-order valence-electron chi connectivity index (χ3n) is 5.61. The van der Waals surface area contributed by atoms with E-state index in [1.54, 1.807) is 18.2 Å². The molecule has 0 bridgehead atoms. The number of anilines is 2. The SMILES string of the molecule is Nc1ccc(CNc2ccc3c(O)c(N=Nc4ccc(N=Nc5ccccc5)cc4)ccc3c2)cc1. The van der Waals surface area contributed by atoms with Crippen molar-refractivity contribution in [3.63, 3.8) is 0 Å². The Morgan fingerprint density at radius 2 is 1.28 bits per heavy atom. The van der Waals surface area contributed by atoms with Gasteiger partial charge in [0.05, 0.1) is 17.1 Å². The summed E-state index contributed by atoms with van der Waals surface area (Å²) >= 11 is 0. The molecule has 5 aromatic rings. The molecule has 0 aliphatic rings. The van der Waals surface area contributed by atoms with Gasteiger partial charge in [-0.3, -0.25) is 0 Å². The zero-order chi connectivity index (χ0) is 24.7. The van der Waals surface area contributed by atoms with E-state index in [2.05, 4.69) is 25.8 Å². The molecule has 7 nitrogen and oxygen atoms in total. The molecule has 5 aromatic carbocycles. The molecule has 36 heavy (non-hydrogen) atoms. The van der Waals surface area contributed by atoms with E-state index in [0.717, 1.165) is 28.0 Å². The highest BCUT2D eigenvalue weighted by molar-refractivity contribution is 5.94. The van der Waals surface area contributed by atoms with Crippen LogP contribution in [0.1, 0.15) is 5.56 Å². The van der Waals surface area contributed by atoms with Gasteiger partial charge in [0, 0.05) is 23.3 Å². The number of nitrogen functional groups attached to an aromatic ring is 1. The first-order chi connectivity index (χ1) is 17.6. The summed E-state index contributed by atoms with van der Waals surface area (Å²) in [5, 5.41) is 32.7. The van der Waals surface area contributed by atoms with Gasteiger partial charge in [-0.25, -0.2) is 0 Å². The molecule has 0 spiro atoms. The molecule has 7 heteroatoms. The molecule has 0 unspecified atom stereocenters. The summed E-state index contributed by atoms with van der Waals surface area (Å²) in [5.74, 6) is 0.0922. The Bertz CT molecular complexity index is 1530. The number of benzene rings is 5. The minimum atomic E-state index is 0.0922. The lowest BCUT2D eigenvalue weighted by molar-refractivity contribution is 0.482. The number of fused-ring (bicyclic) bond motifs is 1. The number of azo groups is 2. The molecular weight excluding hydrogens is 448 g/mol. The average Bonchev–Trinajstić information content (AvgIpc) is 2.92. The highest BCUT2D eigenvalue weighted by Gasteiger charge is 2.07. The van der Waals surface area contributed by atoms with Crippen molar-refractivity contribution in [1.82, 2.24) is 0 Å². The third-order valence-corrected chi connectivity index (χ3v) is 5.61. The molecule has 0 saturated carbocycles. The minimum Gasteiger partial charge on any atom is -0.505 e. The van der Waals surface area contributed by atoms with Crippen molar-refractivity contribution in [2.24, 2.45) is 20.5 Å². The first-order valence-electron chi connectivity index (χ1n) is 11.5. The van der Waals surface area contributed by atoms with Gasteiger partial charge < -0.3 is 16.2 Å². The Morgan fingerprint density at radius 1 is 0.639 bits per heavy atom. The van der Waals surface area contributed by atoms with Crippen LogP contribution in [0.5, 0.6) is 5.75 Å². The second-order valence-corrected chi connectivity index (χ2v) is 8.22. The number of nitrogens with zero attached hydrogens (tertiary/aromatic N) is 4. The van der Waals surface area contributed by atoms with Gasteiger partial charge in [0.1, 0.15) is 5.69 Å². The van der Waals surface area contributed by atoms with Crippen LogP contribution in [0.15, 0.2) is 130 Å². The van der Waals surface area contributed by atoms with Crippen molar-refractivity contribution in [2.75, 3.05) is 11.1 Å². The van der Waals surface area contributed by atoms with Crippen molar-refractivity contribution >= 4 is 44.9 Å². The van der Waals surface area contributed by atoms with Gasteiger partial charge in [-0.1, -0.05) is 36.4 Å². The minimum absolute atomic E-state index is 0.0922. The smallest absolute Gasteiger partial charge is 0.150 e. The number of hydrogen-bond acceptors (Lipinski definition) is 7. The molecule has 176 valence electrons. The largest absolute Gasteiger partial charge is 0.505 e. The lowest BCUT2D eigenvalue weighted by Crippen LogP contribution is -1.99. The maximum absolute atomic E-state index is 10.8. The number of aromatic hydroxyl groups is 1. The summed E-state index contributed by atoms with van der Waals surface area (Å²) in [6, 6.07) is 34.0. The molecule has 0 heterocycles. The molecule has 0 aliphatic heterocycles. The number of phenolic OH excluding ortho intramolecular Hbond substituents is 1. The van der Waals surface area contributed by atoms with Crippen LogP contribution in [0.3, 0.4) is 0 Å². The molecule has 0 aliphatic carbocycles. The monoisotopic (exact) mass is 472 g/mol. The molecule has 0 aromatic heterocycles. The van der Waals surface area contributed by atoms with E-state index in [1.807, 2.05) is 91.0 Å². The Hall–Kier alpha value is -5.04. The molecule has 4 N–H and O–H groups in total. The van der Waals surface area contributed by atoms with E-state index in [4.69, 9.17) is 5.73 Å². The topological polar surface area (TPSA) is 108 Å². The van der Waals surface area contributed by atoms with Gasteiger partial charge in [0.15, 0.2) is 5.75 Å². The lowest BCUT2D eigenvalue weighted by atomic mass is 10.1. The fraction of sp³-hybridized carbons (Fsp3) is 0.0345. The first-order valence-corrected chi connectivity index (χ1v) is 11.5. The summed E-state index contributed by atoms with van der Waals surface area (Å²) in [6.45, 7) is 0.677. The van der Waals surface area contributed by atoms with Gasteiger partial charge in [-0.05, 0) is 83.7 Å². The van der Waals surface area contributed by atoms with Crippen molar-refractivity contribution in [3.05, 3.63) is 115 Å². The quantitative estimate of drug-likeness (QED) is 0.163. The fourth-order valence-electron chi connectivity index (χ4n) is 3.64. The van der Waals surface area contributed by atoms with E-state index in [-0.39, 0.29) is 5.75 Å². The van der Waals surface area contributed by atoms with Crippen molar-refractivity contribution in [2.45, 2.75) is 6.54 Å². The second-order valence-electron chi connectivity index (χ2n) is 8.22. The molecule has 0 saturated heterocycles. The van der Waals surface area contributed by atoms with Gasteiger partial charge in [0.2, 0.25) is 0 Å². The van der Waals surface area contributed by atoms with Crippen molar-refractivity contribution < 1.29 is 5.11 Å². The average molecular weight is 473 g/mol. The van der Waals surface area contributed by atoms with Gasteiger partial charge in [0.25, 0.3) is 0 Å². The number of nitrogens with one attached hydrogen (secondary N) is 1. The van der Waals surface area contributed by atoms with Crippen LogP contribution in [-0.4, -0.2) is 5.11 Å². The van der Waals surface area contributed by atoms with Crippen LogP contribution in [0.4, 0.5) is 34.1 Å². The molecule has 5 rings (SSSR count). The van der Waals surface area contributed by atoms with Gasteiger partial charge >= 0.3 is 0 Å². The van der Waals surface area contributed by atoms with Crippen LogP contribution < -0.4 is 11.1 Å². The summed E-state index contributed by atoms with van der Waals surface area (Å²) < 4.78 is 0. The van der Waals surface area contributed by atoms with E-state index < -0.39 is 0 Å². The maximum atomic E-state index is 10.8. The molecule has 0 atom stereocenters. The van der Waals surface area contributed by atoms with Gasteiger partial charge in [-0.15, -0.1) is 5.11 Å². The summed E-state index contributed by atoms with van der Waals surface area (Å²) in [6.07, 6.45) is 0. The number of rotatable bonds is 7. The van der Waals surface area contributed by atoms with Crippen LogP contribution in [0.2, 0.25) is 0 Å². The highest BCUT2D eigenvalue weighted by atomic mass is 16.3. The standard InChI is InChI=1S/C29H24N6O/c30-22-9-6-20(7-10-22)19-31-26-15-16-27-21(18-26)8-17-28(29(27)36)35-34-25-13-11-24(12-14-25)33-32-23-4-2-1-3-5-23/h1-18,31,36H,19,30H2. The van der Waals surface area contributed by atoms with Crippen molar-refractivity contribution in [1.29, 1.82) is 0 Å². The number of hydrogen-bond donors (Lipinski definition) is 3. The van der Waals surface area contributed by atoms with E-state index in [9.17, 15) is 5.11 Å². The van der Waals surface area contributed by atoms with Crippen LogP contribution in [0, 0.1) is 0 Å². The normalized spacial score (nSPS) is 11.4. The summed E-state index contributed by atoms with van der Waals surface area (Å²) in [4.78, 5) is 0. The maximum Gasteiger partial charge on any atom is 0.150 e. The highest BCUT2D eigenvalue weighted by Crippen LogP contribution is 2.37. The molecule has 0 amide bonds. The predicted molar refractivity (Wildman–Crippen MR) is 145 cm³/mol. The first kappa shape index (κ1) is 22.7. The van der Waals surface area contributed by atoms with E-state index in [0.29, 0.717) is 29.0 Å². The van der Waals surface area contributed by atoms with Crippen molar-refractivity contribution in [3.8, 4) is 5.75 Å². The molecule has 0 fully saturated rings. The Morgan fingerprint density at radius 3 is 1.97 bits per heavy atom. The summed E-state index contributed by atoms with van der Waals surface area (Å²) in [7, 11) is 0. The van der Waals surface area contributed by atoms with Crippen LogP contribution in [0.25, 0.3) is 10.8 Å². The second kappa shape index (κ2) is 10.5. The number of phenols is 1. The zero-order valence-electron chi connectivity index (χ0n) is 19.4. The van der Waals surface area contributed by atoms with E-state index >= 15 is 0 Å². The lowest BCUT2D eigenvalue weighted by Gasteiger charge is -2.09. The summed E-state index contributed by atoms with van der Waals surface area (Å²) in [5.41, 5.74) is 11.1. The fourth-order valence-corrected chi connectivity index (χ4v) is 3.64. The Balaban J connectivity index is 1.26. The molecular formula is C29H24N6O. The Labute approximate surface area is 208 Å². The molecule has 0 radical (unpaired) electrons. The number of nitrogens with two attached hydrogens (primary N) is 1. The predicted octanol–water partition coefficient (Wildman–Crippen LogP) is 8.57. The van der Waals surface area contributed by atoms with Crippen LogP contribution in [-0.2, 0) is 6.54 Å². The van der Waals surface area contributed by atoms with Crippen LogP contribution >= 0.6 is 0 Å².